The van der Waals surface area contributed by atoms with E-state index < -0.39 is 335 Å². The third kappa shape index (κ3) is 40.0. The van der Waals surface area contributed by atoms with E-state index in [2.05, 4.69) is 74.4 Å². The summed E-state index contributed by atoms with van der Waals surface area (Å²) in [5.41, 5.74) is 12.3. The van der Waals surface area contributed by atoms with Gasteiger partial charge in [-0.15, -0.1) is 0 Å². The van der Waals surface area contributed by atoms with Gasteiger partial charge in [-0.25, -0.2) is 9.69 Å². The van der Waals surface area contributed by atoms with Gasteiger partial charge in [0.1, 0.15) is 109 Å². The Balaban J connectivity index is 1.47. The van der Waals surface area contributed by atoms with E-state index in [9.17, 15) is 151 Å². The molecule has 140 heavy (non-hydrogen) atoms. The molecule has 18 atom stereocenters. The smallest absolute Gasteiger partial charge is 0.417 e. The molecule has 0 saturated heterocycles. The molecule has 18 amide bonds. The first-order valence-corrected chi connectivity index (χ1v) is 44.3. The van der Waals surface area contributed by atoms with E-state index in [0.29, 0.717) is 16.0 Å². The molecule has 0 aliphatic heterocycles. The summed E-state index contributed by atoms with van der Waals surface area (Å²) in [5.74, 6) is -27.7. The van der Waals surface area contributed by atoms with Crippen LogP contribution in [0, 0.1) is 11.8 Å². The summed E-state index contributed by atoms with van der Waals surface area (Å²) in [6.45, 7) is 6.25. The lowest BCUT2D eigenvalue weighted by Crippen LogP contribution is -2.63. The van der Waals surface area contributed by atoms with Gasteiger partial charge in [0.05, 0.1) is 45.0 Å². The van der Waals surface area contributed by atoms with Crippen molar-refractivity contribution in [3.63, 3.8) is 0 Å². The highest BCUT2D eigenvalue weighted by molar-refractivity contribution is 6.08. The molecule has 0 heterocycles. The first kappa shape index (κ1) is 117. The number of hydrogen-bond donors (Lipinski definition) is 26. The van der Waals surface area contributed by atoms with Gasteiger partial charge >= 0.3 is 24.0 Å². The number of aromatic hydroxyl groups is 1. The maximum Gasteiger partial charge on any atom is 0.417 e. The van der Waals surface area contributed by atoms with Crippen molar-refractivity contribution in [3.05, 3.63) is 138 Å². The fourth-order valence-corrected chi connectivity index (χ4v) is 13.2. The molecule has 0 radical (unpaired) electrons. The van der Waals surface area contributed by atoms with Gasteiger partial charge in [-0.1, -0.05) is 131 Å². The number of amides is 18. The topological polar surface area (TPSA) is 803 Å². The lowest BCUT2D eigenvalue weighted by molar-refractivity contribution is -0.142. The number of ketones is 1. The Hall–Kier alpha value is -15.0. The number of carboxylic acid groups (broad SMARTS) is 3. The Labute approximate surface area is 802 Å². The normalized spacial score (nSPS) is 14.9. The number of nitrogens with one attached hydrogen (secondary N) is 15. The van der Waals surface area contributed by atoms with Gasteiger partial charge in [0, 0.05) is 37.7 Å². The Morgan fingerprint density at radius 3 is 1.24 bits per heavy atom. The molecule has 28 N–H and O–H groups in total. The van der Waals surface area contributed by atoms with Crippen LogP contribution in [0.3, 0.4) is 0 Å². The largest absolute Gasteiger partial charge is 0.508 e. The maximum atomic E-state index is 14.6. The molecule has 0 aromatic heterocycles. The molecule has 50 heteroatoms. The Kier molecular flexibility index (Phi) is 49.0. The second-order valence-electron chi connectivity index (χ2n) is 33.4. The van der Waals surface area contributed by atoms with Gasteiger partial charge in [-0.3, -0.25) is 101 Å². The second-order valence-corrected chi connectivity index (χ2v) is 33.4. The number of nitrogens with two attached hydrogens (primary N) is 2. The molecular weight excluding hydrogens is 1850 g/mol. The summed E-state index contributed by atoms with van der Waals surface area (Å²) in [6, 6.07) is -0.231. The number of carbonyl (C=O) groups excluding carboxylic acids is 19. The van der Waals surface area contributed by atoms with Crippen LogP contribution in [-0.4, -0.2) is 316 Å². The molecule has 0 spiro atoms. The van der Waals surface area contributed by atoms with Gasteiger partial charge in [-0.2, -0.15) is 0 Å². The zero-order valence-corrected chi connectivity index (χ0v) is 78.1. The van der Waals surface area contributed by atoms with Gasteiger partial charge in [-0.05, 0) is 101 Å². The number of rotatable bonds is 59. The molecule has 0 unspecified atom stereocenters. The third-order valence-corrected chi connectivity index (χ3v) is 21.1. The number of phenols is 1. The van der Waals surface area contributed by atoms with E-state index in [0.717, 1.165) is 27.7 Å². The van der Waals surface area contributed by atoms with Crippen molar-refractivity contribution < 1.29 is 156 Å². The minimum atomic E-state index is -2.15. The molecule has 4 aromatic rings. The number of aliphatic hydroxyl groups excluding tert-OH is 5. The van der Waals surface area contributed by atoms with Crippen LogP contribution in [0.2, 0.25) is 0 Å². The lowest BCUT2D eigenvalue weighted by atomic mass is 9.98. The zero-order chi connectivity index (χ0) is 105. The summed E-state index contributed by atoms with van der Waals surface area (Å²) in [5, 5.41) is 125. The van der Waals surface area contributed by atoms with E-state index in [4.69, 9.17) is 16.2 Å². The highest BCUT2D eigenvalue weighted by atomic mass is 16.6. The van der Waals surface area contributed by atoms with Gasteiger partial charge in [0.25, 0.3) is 5.91 Å². The van der Waals surface area contributed by atoms with Gasteiger partial charge < -0.3 is 142 Å². The van der Waals surface area contributed by atoms with Gasteiger partial charge in [0.2, 0.25) is 94.5 Å². The van der Waals surface area contributed by atoms with Crippen molar-refractivity contribution >= 4 is 130 Å². The van der Waals surface area contributed by atoms with E-state index >= 15 is 0 Å². The van der Waals surface area contributed by atoms with Crippen molar-refractivity contribution in [1.82, 2.24) is 84.7 Å². The number of carbonyl (C=O) groups is 22. The average Bonchev–Trinajstić information content (AvgIpc) is 0.804. The number of aliphatic carboxylic acids is 3. The number of Topliss-reactive ketones (excluding diaryl/α,β-unsaturated/α-hetero) is 1. The summed E-state index contributed by atoms with van der Waals surface area (Å²) in [4.78, 5) is 299. The Morgan fingerprint density at radius 1 is 0.371 bits per heavy atom. The van der Waals surface area contributed by atoms with E-state index in [1.807, 2.05) is 5.32 Å². The van der Waals surface area contributed by atoms with Crippen molar-refractivity contribution in [2.75, 3.05) is 26.4 Å². The molecule has 0 saturated carbocycles. The molecule has 0 fully saturated rings. The predicted octanol–water partition coefficient (Wildman–Crippen LogP) is -7.20. The molecule has 50 nitrogen and oxygen atoms in total. The second kappa shape index (κ2) is 58.5. The fourth-order valence-electron chi connectivity index (χ4n) is 13.2. The molecular formula is C90H124N18O32. The lowest BCUT2D eigenvalue weighted by Gasteiger charge is -2.31. The summed E-state index contributed by atoms with van der Waals surface area (Å²) in [7, 11) is 0. The highest BCUT2D eigenvalue weighted by Crippen LogP contribution is 2.21. The first-order valence-electron chi connectivity index (χ1n) is 44.3. The number of primary amides is 1. The highest BCUT2D eigenvalue weighted by Gasteiger charge is 2.43. The van der Waals surface area contributed by atoms with Gasteiger partial charge in [0.15, 0.2) is 5.78 Å². The van der Waals surface area contributed by atoms with Crippen LogP contribution in [0.15, 0.2) is 115 Å². The number of aliphatic hydroxyl groups is 5. The first-order chi connectivity index (χ1) is 65.9. The summed E-state index contributed by atoms with van der Waals surface area (Å²) < 4.78 is 5.43. The quantitative estimate of drug-likeness (QED) is 0.0183. The van der Waals surface area contributed by atoms with E-state index in [-0.39, 0.29) is 29.7 Å². The number of benzene rings is 4. The number of hydrogen-bond acceptors (Lipinski definition) is 30. The summed E-state index contributed by atoms with van der Waals surface area (Å²) in [6.07, 6.45) is -10.6. The standard InChI is InChI=1S/C90H124N18O32/c1-44(2)35-58(79(128)98-56(30-33-68(117)118)77(126)93-39-67(116)97-57(29-32-66(91)115)78(127)95-47(6)75(124)94-46(5)76(125)96-48(7)89(138)108(90(139)140-43-53-21-15-11-16-22-53)65(31-34-69(119)120)74(123)54-23-17-12-18-24-54)99-80(129)59(37-52-25-27-55(114)28-26-52)100-83(132)62(40-109)103-85(134)64(42-111)104-87(136)72(45(3)4)106-82(131)61(38-70(121)122)101-84(133)63(41-110)105-88(137)73(50(9)113)107-81(130)60(36-51-19-13-10-14-20-51)102-86(135)71(92)49(8)112/h10-28,44-50,56-65,71-73,109-114H,29-43,92H2,1-9H3,(H2,91,115)(H,93,126)(H,94,124)(H,95,127)(H,96,125)(H,97,116)(H,98,128)(H,99,129)(H,100,132)(H,101,133)(H,102,135)(H,103,134)(H,104,136)(H,105,137)(H,106,131)(H,107,130)(H,117,118)(H,119,120)(H,121,122)/t46-,47-,48-,49+,50+,56-,57-,58-,59-,60-,61-,62-,63-,64-,65-,71-,72-,73-/m0/s1. The van der Waals surface area contributed by atoms with Crippen molar-refractivity contribution in [3.8, 4) is 5.75 Å². The van der Waals surface area contributed by atoms with Crippen LogP contribution in [0.5, 0.6) is 5.75 Å². The number of imide groups is 1. The predicted molar refractivity (Wildman–Crippen MR) is 488 cm³/mol. The Morgan fingerprint density at radius 2 is 0.757 bits per heavy atom. The van der Waals surface area contributed by atoms with Crippen LogP contribution < -0.4 is 91.2 Å². The molecule has 4 rings (SSSR count). The minimum absolute atomic E-state index is 0.00814. The Bertz CT molecular complexity index is 4980. The van der Waals surface area contributed by atoms with E-state index in [1.54, 1.807) is 80.6 Å². The van der Waals surface area contributed by atoms with Crippen LogP contribution in [0.4, 0.5) is 4.79 Å². The van der Waals surface area contributed by atoms with Crippen molar-refractivity contribution in [2.24, 2.45) is 23.3 Å². The minimum Gasteiger partial charge on any atom is -0.508 e. The number of nitrogens with zero attached hydrogens (tertiary/aromatic N) is 1. The van der Waals surface area contributed by atoms with Crippen molar-refractivity contribution in [1.29, 1.82) is 0 Å². The number of phenolic OH excluding ortho intramolecular Hbond substituents is 1. The van der Waals surface area contributed by atoms with Crippen LogP contribution in [-0.2, 0) is 120 Å². The molecule has 766 valence electrons. The molecule has 4 aromatic carbocycles. The fraction of sp³-hybridized carbons (Fsp3) is 0.489. The SMILES string of the molecule is CC(C)C[C@H](NC(=O)[C@H](Cc1ccc(O)cc1)NC(=O)[C@H](CO)NC(=O)[C@H](CO)NC(=O)[C@@H](NC(=O)[C@H](CC(=O)O)NC(=O)[C@H](CO)NC(=O)[C@@H](NC(=O)[C@H](Cc1ccccc1)NC(=O)[C@@H](N)[C@@H](C)O)[C@@H](C)O)C(C)C)C(=O)N[C@@H](CCC(=O)O)C(=O)NCC(=O)N[C@@H](CCC(N)=O)C(=O)N[C@@H](C)C(=O)N[C@@H](C)C(=O)N[C@@H](C)C(=O)N(C(=O)OCc1ccccc1)[C@@H](CCC(=O)O)C(=O)c1ccccc1. The molecule has 0 aliphatic rings. The maximum absolute atomic E-state index is 14.6. The third-order valence-electron chi connectivity index (χ3n) is 21.1. The molecule has 0 bridgehead atoms. The number of ether oxygens (including phenoxy) is 1. The van der Waals surface area contributed by atoms with Crippen LogP contribution in [0.1, 0.15) is 141 Å². The van der Waals surface area contributed by atoms with Crippen LogP contribution >= 0.6 is 0 Å². The summed E-state index contributed by atoms with van der Waals surface area (Å²) >= 11 is 0. The number of carboxylic acids is 3. The van der Waals surface area contributed by atoms with Crippen LogP contribution in [0.25, 0.3) is 0 Å². The van der Waals surface area contributed by atoms with Crippen molar-refractivity contribution in [2.45, 2.75) is 242 Å². The average molecular weight is 1970 g/mol. The van der Waals surface area contributed by atoms with E-state index in [1.165, 1.54) is 69.3 Å². The monoisotopic (exact) mass is 1970 g/mol. The zero-order valence-electron chi connectivity index (χ0n) is 78.1. The molecule has 0 aliphatic carbocycles.